The summed E-state index contributed by atoms with van der Waals surface area (Å²) in [6.07, 6.45) is 0. The van der Waals surface area contributed by atoms with Crippen molar-refractivity contribution in [2.75, 3.05) is 27.3 Å². The molecule has 164 valence electrons. The van der Waals surface area contributed by atoms with E-state index in [1.165, 1.54) is 11.8 Å². The van der Waals surface area contributed by atoms with Crippen molar-refractivity contribution in [2.24, 2.45) is 10.7 Å². The van der Waals surface area contributed by atoms with Crippen LogP contribution in [0.25, 0.3) is 0 Å². The van der Waals surface area contributed by atoms with Crippen molar-refractivity contribution in [3.63, 3.8) is 0 Å². The van der Waals surface area contributed by atoms with E-state index in [0.29, 0.717) is 56.0 Å². The monoisotopic (exact) mass is 505 g/mol. The zero-order valence-electron chi connectivity index (χ0n) is 18.0. The van der Waals surface area contributed by atoms with Gasteiger partial charge in [0.05, 0.1) is 36.0 Å². The Balaban J connectivity index is 2.30. The molecule has 2 aliphatic heterocycles. The summed E-state index contributed by atoms with van der Waals surface area (Å²) in [4.78, 5) is 22.0. The summed E-state index contributed by atoms with van der Waals surface area (Å²) in [6, 6.07) is 5.13. The van der Waals surface area contributed by atoms with Crippen LogP contribution in [0.5, 0.6) is 11.5 Å². The predicted octanol–water partition coefficient (Wildman–Crippen LogP) is 3.72. The maximum atomic E-state index is 13.6. The topological polar surface area (TPSA) is 104 Å². The van der Waals surface area contributed by atoms with Gasteiger partial charge in [-0.2, -0.15) is 5.26 Å². The summed E-state index contributed by atoms with van der Waals surface area (Å²) < 4.78 is 11.8. The van der Waals surface area contributed by atoms with Crippen molar-refractivity contribution in [1.29, 1.82) is 5.26 Å². The molecule has 2 aliphatic rings. The van der Waals surface area contributed by atoms with Gasteiger partial charge in [0.1, 0.15) is 28.3 Å². The van der Waals surface area contributed by atoms with Crippen molar-refractivity contribution in [2.45, 2.75) is 26.8 Å². The number of aliphatic imine (C=N–C) groups is 1. The molecule has 1 aromatic rings. The molecule has 0 unspecified atom stereocenters. The van der Waals surface area contributed by atoms with E-state index in [1.54, 1.807) is 37.0 Å². The molecule has 10 heteroatoms. The van der Waals surface area contributed by atoms with Crippen LogP contribution < -0.4 is 15.2 Å². The number of halogens is 1. The van der Waals surface area contributed by atoms with Gasteiger partial charge >= 0.3 is 0 Å². The Morgan fingerprint density at radius 3 is 2.52 bits per heavy atom. The van der Waals surface area contributed by atoms with Gasteiger partial charge in [0.25, 0.3) is 5.91 Å². The summed E-state index contributed by atoms with van der Waals surface area (Å²) in [5, 5.41) is 10.1. The van der Waals surface area contributed by atoms with Crippen molar-refractivity contribution in [3.05, 3.63) is 44.2 Å². The van der Waals surface area contributed by atoms with E-state index in [4.69, 9.17) is 15.2 Å². The van der Waals surface area contributed by atoms with Crippen LogP contribution >= 0.6 is 27.7 Å². The third-order valence-electron chi connectivity index (χ3n) is 5.26. The molecule has 0 aliphatic carbocycles. The number of methoxy groups -OCH3 is 2. The molecule has 0 fully saturated rings. The molecule has 1 aromatic carbocycles. The Morgan fingerprint density at radius 1 is 1.32 bits per heavy atom. The third-order valence-corrected chi connectivity index (χ3v) is 6.85. The minimum atomic E-state index is -0.615. The summed E-state index contributed by atoms with van der Waals surface area (Å²) in [7, 11) is 3.13. The van der Waals surface area contributed by atoms with E-state index in [9.17, 15) is 10.1 Å². The fourth-order valence-electron chi connectivity index (χ4n) is 3.69. The van der Waals surface area contributed by atoms with Crippen LogP contribution in [-0.2, 0) is 4.79 Å². The number of amides is 1. The molecule has 2 heterocycles. The molecule has 0 saturated heterocycles. The number of ether oxygens (including phenoxy) is 2. The number of hydrogen-bond donors (Lipinski definition) is 1. The van der Waals surface area contributed by atoms with E-state index in [0.717, 1.165) is 0 Å². The lowest BCUT2D eigenvalue weighted by atomic mass is 9.92. The van der Waals surface area contributed by atoms with Crippen molar-refractivity contribution < 1.29 is 14.3 Å². The Labute approximate surface area is 194 Å². The van der Waals surface area contributed by atoms with Gasteiger partial charge in [-0.3, -0.25) is 9.69 Å². The van der Waals surface area contributed by atoms with Crippen LogP contribution in [0.4, 0.5) is 0 Å². The highest BCUT2D eigenvalue weighted by Crippen LogP contribution is 2.49. The standard InChI is InChI=1S/C21H24BrN5O3S/c1-6-26(7-2)20(28)17-11(3)25-21-27(19(24)16(10-23)31-21)18(17)12-8-13(22)15(30-5)9-14(12)29-4/h8-9,18H,6-7,24H2,1-5H3/t18-/m1/s1. The van der Waals surface area contributed by atoms with Crippen molar-refractivity contribution >= 4 is 38.8 Å². The molecule has 2 N–H and O–H groups in total. The molecular formula is C21H24BrN5O3S. The van der Waals surface area contributed by atoms with Crippen molar-refractivity contribution in [3.8, 4) is 17.6 Å². The highest BCUT2D eigenvalue weighted by Gasteiger charge is 2.44. The number of nitrogens with zero attached hydrogens (tertiary/aromatic N) is 4. The summed E-state index contributed by atoms with van der Waals surface area (Å²) >= 11 is 4.73. The van der Waals surface area contributed by atoms with Gasteiger partial charge in [-0.05, 0) is 54.5 Å². The molecular weight excluding hydrogens is 482 g/mol. The van der Waals surface area contributed by atoms with Crippen LogP contribution in [0.3, 0.4) is 0 Å². The molecule has 3 rings (SSSR count). The SMILES string of the molecule is CCN(CC)C(=O)C1=C(C)N=C2SC(C#N)=C(N)N2[C@@H]1c1cc(Br)c(OC)cc1OC. The van der Waals surface area contributed by atoms with Gasteiger partial charge in [0.2, 0.25) is 0 Å². The third kappa shape index (κ3) is 3.88. The Hall–Kier alpha value is -2.64. The van der Waals surface area contributed by atoms with Gasteiger partial charge in [-0.15, -0.1) is 0 Å². The average Bonchev–Trinajstić information content (AvgIpc) is 3.08. The molecule has 1 atom stereocenters. The smallest absolute Gasteiger partial charge is 0.254 e. The number of benzene rings is 1. The van der Waals surface area contributed by atoms with Gasteiger partial charge in [-0.25, -0.2) is 4.99 Å². The fraction of sp³-hybridized carbons (Fsp3) is 0.381. The first kappa shape index (κ1) is 23.0. The normalized spacial score (nSPS) is 17.9. The number of likely N-dealkylation sites (N-methyl/N-ethyl adjacent to an activating group) is 1. The first-order valence-corrected chi connectivity index (χ1v) is 11.3. The lowest BCUT2D eigenvalue weighted by Gasteiger charge is -2.37. The number of amidine groups is 1. The molecule has 0 bridgehead atoms. The highest BCUT2D eigenvalue weighted by atomic mass is 79.9. The van der Waals surface area contributed by atoms with E-state index in [-0.39, 0.29) is 11.7 Å². The Kier molecular flexibility index (Phi) is 6.86. The second-order valence-corrected chi connectivity index (χ2v) is 8.63. The minimum Gasteiger partial charge on any atom is -0.496 e. The fourth-order valence-corrected chi connectivity index (χ4v) is 5.13. The summed E-state index contributed by atoms with van der Waals surface area (Å²) in [5.41, 5.74) is 8.15. The van der Waals surface area contributed by atoms with E-state index in [1.807, 2.05) is 19.9 Å². The van der Waals surface area contributed by atoms with Crippen LogP contribution in [0.1, 0.15) is 32.4 Å². The minimum absolute atomic E-state index is 0.132. The zero-order valence-corrected chi connectivity index (χ0v) is 20.4. The van der Waals surface area contributed by atoms with E-state index >= 15 is 0 Å². The highest BCUT2D eigenvalue weighted by molar-refractivity contribution is 9.10. The lowest BCUT2D eigenvalue weighted by molar-refractivity contribution is -0.127. The number of nitrogens with two attached hydrogens (primary N) is 1. The van der Waals surface area contributed by atoms with Crippen LogP contribution in [-0.4, -0.2) is 48.2 Å². The van der Waals surface area contributed by atoms with Gasteiger partial charge in [-0.1, -0.05) is 0 Å². The number of nitriles is 1. The number of rotatable bonds is 6. The molecule has 0 aromatic heterocycles. The number of hydrogen-bond acceptors (Lipinski definition) is 8. The quantitative estimate of drug-likeness (QED) is 0.627. The maximum absolute atomic E-state index is 13.6. The largest absolute Gasteiger partial charge is 0.496 e. The molecule has 8 nitrogen and oxygen atoms in total. The molecule has 0 saturated carbocycles. The van der Waals surface area contributed by atoms with E-state index in [2.05, 4.69) is 27.0 Å². The number of thioether (sulfide) groups is 1. The molecule has 0 spiro atoms. The van der Waals surface area contributed by atoms with Crippen LogP contribution in [0, 0.1) is 11.3 Å². The van der Waals surface area contributed by atoms with Gasteiger partial charge in [0.15, 0.2) is 5.17 Å². The molecule has 0 radical (unpaired) electrons. The second kappa shape index (κ2) is 9.24. The van der Waals surface area contributed by atoms with Crippen LogP contribution in [0.2, 0.25) is 0 Å². The van der Waals surface area contributed by atoms with Gasteiger partial charge in [0, 0.05) is 24.7 Å². The van der Waals surface area contributed by atoms with Gasteiger partial charge < -0.3 is 20.1 Å². The number of carbonyl (C=O) groups is 1. The van der Waals surface area contributed by atoms with Crippen molar-refractivity contribution in [1.82, 2.24) is 9.80 Å². The summed E-state index contributed by atoms with van der Waals surface area (Å²) in [5.74, 6) is 1.27. The average molecular weight is 506 g/mol. The first-order chi connectivity index (χ1) is 14.8. The second-order valence-electron chi connectivity index (χ2n) is 6.80. The van der Waals surface area contributed by atoms with Crippen LogP contribution in [0.15, 0.2) is 43.6 Å². The Bertz CT molecular complexity index is 1060. The zero-order chi connectivity index (χ0) is 22.9. The summed E-state index contributed by atoms with van der Waals surface area (Å²) in [6.45, 7) is 6.79. The predicted molar refractivity (Wildman–Crippen MR) is 124 cm³/mol. The number of allylic oxidation sites excluding steroid dienone is 2. The first-order valence-electron chi connectivity index (χ1n) is 9.69. The maximum Gasteiger partial charge on any atom is 0.254 e. The molecule has 31 heavy (non-hydrogen) atoms. The number of fused-ring (bicyclic) bond motifs is 1. The Morgan fingerprint density at radius 2 is 1.97 bits per heavy atom. The number of carbonyl (C=O) groups excluding carboxylic acids is 1. The molecule has 1 amide bonds. The van der Waals surface area contributed by atoms with E-state index < -0.39 is 6.04 Å². The lowest BCUT2D eigenvalue weighted by Crippen LogP contribution is -2.42.